The highest BCUT2D eigenvalue weighted by Gasteiger charge is 2.32. The highest BCUT2D eigenvalue weighted by molar-refractivity contribution is 5.94. The lowest BCUT2D eigenvalue weighted by atomic mass is 9.87. The SMILES string of the molecule is Cn1c(=O)c2c(n3ncnc13)NC(=O)CC2c1cccc(F)c1. The zero-order chi connectivity index (χ0) is 16.1. The Bertz CT molecular complexity index is 1010. The first-order chi connectivity index (χ1) is 11.1. The van der Waals surface area contributed by atoms with Crippen LogP contribution in [0.5, 0.6) is 0 Å². The van der Waals surface area contributed by atoms with Gasteiger partial charge in [0, 0.05) is 19.4 Å². The van der Waals surface area contributed by atoms with Crippen LogP contribution in [0.1, 0.15) is 23.5 Å². The van der Waals surface area contributed by atoms with E-state index in [-0.39, 0.29) is 17.9 Å². The number of nitrogens with zero attached hydrogens (tertiary/aromatic N) is 4. The Kier molecular flexibility index (Phi) is 2.80. The molecule has 0 spiro atoms. The Morgan fingerprint density at radius 3 is 2.96 bits per heavy atom. The number of hydrogen-bond acceptors (Lipinski definition) is 4. The number of hydrogen-bond donors (Lipinski definition) is 1. The molecular formula is C15H12FN5O2. The number of fused-ring (bicyclic) bond motifs is 3. The van der Waals surface area contributed by atoms with Crippen molar-refractivity contribution in [2.45, 2.75) is 12.3 Å². The summed E-state index contributed by atoms with van der Waals surface area (Å²) >= 11 is 0. The first-order valence-electron chi connectivity index (χ1n) is 7.04. The van der Waals surface area contributed by atoms with Crippen molar-refractivity contribution < 1.29 is 9.18 Å². The van der Waals surface area contributed by atoms with Crippen molar-refractivity contribution in [1.29, 1.82) is 0 Å². The second-order valence-corrected chi connectivity index (χ2v) is 5.46. The second-order valence-electron chi connectivity index (χ2n) is 5.46. The molecule has 1 N–H and O–H groups in total. The molecule has 1 unspecified atom stereocenters. The standard InChI is InChI=1S/C15H12FN5O2/c1-20-14(23)12-10(8-3-2-4-9(16)5-8)6-11(22)19-13(12)21-15(20)17-7-18-21/h2-5,7,10H,6H2,1H3,(H,19,22). The number of carbonyl (C=O) groups is 1. The van der Waals surface area contributed by atoms with Gasteiger partial charge in [-0.05, 0) is 17.7 Å². The van der Waals surface area contributed by atoms with Crippen LogP contribution >= 0.6 is 0 Å². The quantitative estimate of drug-likeness (QED) is 0.728. The monoisotopic (exact) mass is 313 g/mol. The molecule has 4 rings (SSSR count). The summed E-state index contributed by atoms with van der Waals surface area (Å²) in [6.45, 7) is 0. The van der Waals surface area contributed by atoms with E-state index in [0.717, 1.165) is 0 Å². The van der Waals surface area contributed by atoms with Crippen molar-refractivity contribution in [2.75, 3.05) is 5.32 Å². The topological polar surface area (TPSA) is 81.3 Å². The van der Waals surface area contributed by atoms with Gasteiger partial charge in [0.05, 0.1) is 5.56 Å². The fourth-order valence-corrected chi connectivity index (χ4v) is 3.02. The number of amides is 1. The van der Waals surface area contributed by atoms with Crippen molar-refractivity contribution >= 4 is 17.5 Å². The van der Waals surface area contributed by atoms with Gasteiger partial charge in [-0.2, -0.15) is 14.6 Å². The molecule has 1 aliphatic rings. The predicted molar refractivity (Wildman–Crippen MR) is 79.7 cm³/mol. The second kappa shape index (κ2) is 4.73. The number of aromatic nitrogens is 4. The van der Waals surface area contributed by atoms with Crippen molar-refractivity contribution in [3.63, 3.8) is 0 Å². The number of nitrogens with one attached hydrogen (secondary N) is 1. The van der Waals surface area contributed by atoms with Crippen LogP contribution in [0.2, 0.25) is 0 Å². The van der Waals surface area contributed by atoms with Crippen LogP contribution in [0.3, 0.4) is 0 Å². The minimum atomic E-state index is -0.526. The first-order valence-corrected chi connectivity index (χ1v) is 7.04. The van der Waals surface area contributed by atoms with Crippen LogP contribution in [0.4, 0.5) is 10.2 Å². The van der Waals surface area contributed by atoms with Crippen LogP contribution < -0.4 is 10.9 Å². The highest BCUT2D eigenvalue weighted by atomic mass is 19.1. The van der Waals surface area contributed by atoms with E-state index in [1.54, 1.807) is 19.2 Å². The average Bonchev–Trinajstić information content (AvgIpc) is 3.01. The molecule has 0 radical (unpaired) electrons. The number of aryl methyl sites for hydroxylation is 1. The minimum absolute atomic E-state index is 0.0753. The van der Waals surface area contributed by atoms with Crippen molar-refractivity contribution in [3.8, 4) is 0 Å². The maximum atomic E-state index is 13.6. The normalized spacial score (nSPS) is 17.1. The lowest BCUT2D eigenvalue weighted by Crippen LogP contribution is -2.35. The number of anilines is 1. The van der Waals surface area contributed by atoms with Gasteiger partial charge in [0.15, 0.2) is 0 Å². The summed E-state index contributed by atoms with van der Waals surface area (Å²) in [6.07, 6.45) is 1.39. The van der Waals surface area contributed by atoms with E-state index >= 15 is 0 Å². The van der Waals surface area contributed by atoms with E-state index in [9.17, 15) is 14.0 Å². The molecule has 0 fully saturated rings. The Balaban J connectivity index is 2.05. The molecule has 1 aromatic carbocycles. The summed E-state index contributed by atoms with van der Waals surface area (Å²) in [6, 6.07) is 5.94. The van der Waals surface area contributed by atoms with Crippen LogP contribution in [0.25, 0.3) is 5.78 Å². The maximum Gasteiger partial charge on any atom is 0.260 e. The summed E-state index contributed by atoms with van der Waals surface area (Å²) in [5.74, 6) is -0.563. The molecule has 0 saturated heterocycles. The van der Waals surface area contributed by atoms with Gasteiger partial charge in [-0.3, -0.25) is 14.2 Å². The molecule has 1 aliphatic heterocycles. The Morgan fingerprint density at radius 1 is 1.35 bits per heavy atom. The largest absolute Gasteiger partial charge is 0.310 e. The molecule has 0 bridgehead atoms. The molecule has 23 heavy (non-hydrogen) atoms. The van der Waals surface area contributed by atoms with E-state index in [0.29, 0.717) is 22.7 Å². The van der Waals surface area contributed by atoms with Gasteiger partial charge >= 0.3 is 0 Å². The van der Waals surface area contributed by atoms with Crippen LogP contribution in [0.15, 0.2) is 35.4 Å². The third kappa shape index (κ3) is 1.95. The van der Waals surface area contributed by atoms with Gasteiger partial charge in [-0.25, -0.2) is 4.39 Å². The smallest absolute Gasteiger partial charge is 0.260 e. The average molecular weight is 313 g/mol. The third-order valence-electron chi connectivity index (χ3n) is 4.08. The molecular weight excluding hydrogens is 301 g/mol. The molecule has 3 heterocycles. The molecule has 2 aromatic heterocycles. The molecule has 7 nitrogen and oxygen atoms in total. The maximum absolute atomic E-state index is 13.6. The van der Waals surface area contributed by atoms with Gasteiger partial charge in [0.25, 0.3) is 5.56 Å². The van der Waals surface area contributed by atoms with Crippen LogP contribution in [-0.4, -0.2) is 25.1 Å². The molecule has 3 aromatic rings. The van der Waals surface area contributed by atoms with E-state index in [4.69, 9.17) is 0 Å². The van der Waals surface area contributed by atoms with Crippen molar-refractivity contribution in [1.82, 2.24) is 19.2 Å². The lowest BCUT2D eigenvalue weighted by Gasteiger charge is -2.26. The van der Waals surface area contributed by atoms with E-state index in [1.807, 2.05) is 0 Å². The van der Waals surface area contributed by atoms with E-state index in [2.05, 4.69) is 15.4 Å². The van der Waals surface area contributed by atoms with Gasteiger partial charge in [0.2, 0.25) is 11.7 Å². The highest BCUT2D eigenvalue weighted by Crippen LogP contribution is 2.34. The zero-order valence-corrected chi connectivity index (χ0v) is 12.2. The van der Waals surface area contributed by atoms with Crippen molar-refractivity contribution in [2.24, 2.45) is 7.05 Å². The van der Waals surface area contributed by atoms with Crippen molar-refractivity contribution in [3.05, 3.63) is 57.9 Å². The molecule has 0 saturated carbocycles. The predicted octanol–water partition coefficient (Wildman–Crippen LogP) is 1.04. The number of rotatable bonds is 1. The van der Waals surface area contributed by atoms with Gasteiger partial charge in [-0.1, -0.05) is 12.1 Å². The summed E-state index contributed by atoms with van der Waals surface area (Å²) in [5.41, 5.74) is 0.683. The molecule has 0 aliphatic carbocycles. The molecule has 1 atom stereocenters. The van der Waals surface area contributed by atoms with Crippen LogP contribution in [0, 0.1) is 5.82 Å². The zero-order valence-electron chi connectivity index (χ0n) is 12.2. The molecule has 1 amide bonds. The summed E-state index contributed by atoms with van der Waals surface area (Å²) < 4.78 is 16.4. The fourth-order valence-electron chi connectivity index (χ4n) is 3.02. The molecule has 8 heteroatoms. The number of benzene rings is 1. The van der Waals surface area contributed by atoms with E-state index in [1.165, 1.54) is 27.5 Å². The van der Waals surface area contributed by atoms with Gasteiger partial charge in [-0.15, -0.1) is 0 Å². The first kappa shape index (κ1) is 13.6. The van der Waals surface area contributed by atoms with Gasteiger partial charge in [0.1, 0.15) is 18.0 Å². The number of carbonyl (C=O) groups excluding carboxylic acids is 1. The Labute approximate surface area is 129 Å². The minimum Gasteiger partial charge on any atom is -0.310 e. The molecule has 116 valence electrons. The van der Waals surface area contributed by atoms with Crippen LogP contribution in [-0.2, 0) is 11.8 Å². The van der Waals surface area contributed by atoms with E-state index < -0.39 is 11.7 Å². The Morgan fingerprint density at radius 2 is 2.17 bits per heavy atom. The summed E-state index contributed by atoms with van der Waals surface area (Å²) in [7, 11) is 1.59. The Hall–Kier alpha value is -3.03. The van der Waals surface area contributed by atoms with Gasteiger partial charge < -0.3 is 5.32 Å². The summed E-state index contributed by atoms with van der Waals surface area (Å²) in [5, 5.41) is 6.76. The fraction of sp³-hybridized carbons (Fsp3) is 0.200. The summed E-state index contributed by atoms with van der Waals surface area (Å²) in [4.78, 5) is 28.8. The third-order valence-corrected chi connectivity index (χ3v) is 4.08. The number of halogens is 1. The lowest BCUT2D eigenvalue weighted by molar-refractivity contribution is -0.116.